The van der Waals surface area contributed by atoms with Crippen LogP contribution in [0.1, 0.15) is 26.7 Å². The van der Waals surface area contributed by atoms with E-state index in [1.807, 2.05) is 0 Å². The Hall–Kier alpha value is -0.170. The van der Waals surface area contributed by atoms with Crippen LogP contribution in [0.25, 0.3) is 0 Å². The van der Waals surface area contributed by atoms with E-state index in [1.54, 1.807) is 6.92 Å². The molecular formula is C9H20N2O3S. The zero-order valence-corrected chi connectivity index (χ0v) is 10.1. The van der Waals surface area contributed by atoms with Gasteiger partial charge in [0.15, 0.2) is 0 Å². The molecule has 90 valence electrons. The van der Waals surface area contributed by atoms with Crippen LogP contribution in [0.4, 0.5) is 0 Å². The SMILES string of the molecule is CC1CCCN(S(=O)(=O)N[C@@H](C)CO)C1. The van der Waals surface area contributed by atoms with Crippen LogP contribution in [-0.2, 0) is 10.2 Å². The molecule has 1 saturated heterocycles. The minimum Gasteiger partial charge on any atom is -0.395 e. The summed E-state index contributed by atoms with van der Waals surface area (Å²) in [4.78, 5) is 0. The van der Waals surface area contributed by atoms with Crippen LogP contribution in [0.3, 0.4) is 0 Å². The number of nitrogens with one attached hydrogen (secondary N) is 1. The van der Waals surface area contributed by atoms with Crippen LogP contribution < -0.4 is 4.72 Å². The summed E-state index contributed by atoms with van der Waals surface area (Å²) >= 11 is 0. The van der Waals surface area contributed by atoms with Crippen LogP contribution in [0.5, 0.6) is 0 Å². The molecule has 0 aromatic rings. The largest absolute Gasteiger partial charge is 0.395 e. The van der Waals surface area contributed by atoms with Crippen molar-refractivity contribution in [2.75, 3.05) is 19.7 Å². The van der Waals surface area contributed by atoms with E-state index >= 15 is 0 Å². The lowest BCUT2D eigenvalue weighted by Crippen LogP contribution is -2.48. The third-order valence-electron chi connectivity index (χ3n) is 2.58. The molecule has 5 nitrogen and oxygen atoms in total. The Morgan fingerprint density at radius 1 is 1.60 bits per heavy atom. The van der Waals surface area contributed by atoms with Gasteiger partial charge in [-0.1, -0.05) is 6.92 Å². The minimum atomic E-state index is -3.40. The highest BCUT2D eigenvalue weighted by Crippen LogP contribution is 2.17. The summed E-state index contributed by atoms with van der Waals surface area (Å²) in [6.45, 7) is 4.68. The highest BCUT2D eigenvalue weighted by Gasteiger charge is 2.27. The monoisotopic (exact) mass is 236 g/mol. The first-order chi connectivity index (χ1) is 6.95. The van der Waals surface area contributed by atoms with E-state index in [4.69, 9.17) is 5.11 Å². The van der Waals surface area contributed by atoms with Gasteiger partial charge < -0.3 is 5.11 Å². The molecule has 0 aliphatic carbocycles. The van der Waals surface area contributed by atoms with Crippen molar-refractivity contribution in [1.29, 1.82) is 0 Å². The maximum atomic E-state index is 11.8. The summed E-state index contributed by atoms with van der Waals surface area (Å²) in [6.07, 6.45) is 2.00. The second-order valence-corrected chi connectivity index (χ2v) is 6.01. The fourth-order valence-corrected chi connectivity index (χ4v) is 3.28. The number of hydrogen-bond donors (Lipinski definition) is 2. The molecule has 2 atom stereocenters. The van der Waals surface area contributed by atoms with Crippen molar-refractivity contribution in [1.82, 2.24) is 9.03 Å². The zero-order valence-electron chi connectivity index (χ0n) is 9.31. The van der Waals surface area contributed by atoms with Crippen molar-refractivity contribution in [3.8, 4) is 0 Å². The van der Waals surface area contributed by atoms with E-state index in [2.05, 4.69) is 11.6 Å². The zero-order chi connectivity index (χ0) is 11.5. The average molecular weight is 236 g/mol. The predicted molar refractivity (Wildman–Crippen MR) is 58.6 cm³/mol. The molecule has 6 heteroatoms. The van der Waals surface area contributed by atoms with Gasteiger partial charge >= 0.3 is 0 Å². The molecule has 0 bridgehead atoms. The van der Waals surface area contributed by atoms with Crippen LogP contribution in [0.2, 0.25) is 0 Å². The molecule has 1 aliphatic heterocycles. The summed E-state index contributed by atoms with van der Waals surface area (Å²) < 4.78 is 27.5. The third kappa shape index (κ3) is 3.71. The van der Waals surface area contributed by atoms with Crippen LogP contribution in [-0.4, -0.2) is 43.6 Å². The number of aliphatic hydroxyl groups excluding tert-OH is 1. The first kappa shape index (κ1) is 12.9. The van der Waals surface area contributed by atoms with Crippen molar-refractivity contribution in [2.24, 2.45) is 5.92 Å². The molecule has 0 saturated carbocycles. The first-order valence-corrected chi connectivity index (χ1v) is 6.78. The summed E-state index contributed by atoms with van der Waals surface area (Å²) in [5.74, 6) is 0.416. The van der Waals surface area contributed by atoms with E-state index in [9.17, 15) is 8.42 Å². The fourth-order valence-electron chi connectivity index (χ4n) is 1.73. The fraction of sp³-hybridized carbons (Fsp3) is 1.00. The Balaban J connectivity index is 2.60. The normalized spacial score (nSPS) is 26.5. The summed E-state index contributed by atoms with van der Waals surface area (Å²) in [5, 5.41) is 8.80. The topological polar surface area (TPSA) is 69.6 Å². The average Bonchev–Trinajstić information content (AvgIpc) is 2.17. The lowest BCUT2D eigenvalue weighted by molar-refractivity contribution is 0.252. The molecule has 1 unspecified atom stereocenters. The van der Waals surface area contributed by atoms with Crippen LogP contribution in [0.15, 0.2) is 0 Å². The lowest BCUT2D eigenvalue weighted by atomic mass is 10.0. The van der Waals surface area contributed by atoms with Crippen molar-refractivity contribution >= 4 is 10.2 Å². The van der Waals surface area contributed by atoms with Gasteiger partial charge in [-0.2, -0.15) is 17.4 Å². The van der Waals surface area contributed by atoms with Crippen molar-refractivity contribution in [3.63, 3.8) is 0 Å². The second-order valence-electron chi connectivity index (χ2n) is 4.31. The Morgan fingerprint density at radius 2 is 2.27 bits per heavy atom. The molecule has 1 rings (SSSR count). The van der Waals surface area contributed by atoms with Crippen molar-refractivity contribution in [2.45, 2.75) is 32.7 Å². The van der Waals surface area contributed by atoms with Crippen LogP contribution >= 0.6 is 0 Å². The molecule has 1 fully saturated rings. The van der Waals surface area contributed by atoms with Gasteiger partial charge in [0.05, 0.1) is 6.61 Å². The molecule has 1 heterocycles. The Morgan fingerprint density at radius 3 is 2.80 bits per heavy atom. The number of nitrogens with zero attached hydrogens (tertiary/aromatic N) is 1. The third-order valence-corrected chi connectivity index (χ3v) is 4.30. The Bertz CT molecular complexity index is 292. The molecule has 0 aromatic carbocycles. The van der Waals surface area contributed by atoms with Crippen LogP contribution in [0, 0.1) is 5.92 Å². The number of hydrogen-bond acceptors (Lipinski definition) is 3. The first-order valence-electron chi connectivity index (χ1n) is 5.34. The van der Waals surface area contributed by atoms with Gasteiger partial charge in [-0.15, -0.1) is 0 Å². The van der Waals surface area contributed by atoms with Crippen molar-refractivity contribution in [3.05, 3.63) is 0 Å². The van der Waals surface area contributed by atoms with Crippen molar-refractivity contribution < 1.29 is 13.5 Å². The quantitative estimate of drug-likeness (QED) is 0.718. The van der Waals surface area contributed by atoms with E-state index in [0.29, 0.717) is 19.0 Å². The van der Waals surface area contributed by atoms with Gasteiger partial charge in [-0.3, -0.25) is 0 Å². The molecule has 0 aromatic heterocycles. The molecule has 0 amide bonds. The van der Waals surface area contributed by atoms with E-state index in [0.717, 1.165) is 12.8 Å². The summed E-state index contributed by atoms with van der Waals surface area (Å²) in [6, 6.07) is -0.424. The van der Waals surface area contributed by atoms with Gasteiger partial charge in [0.2, 0.25) is 0 Å². The molecular weight excluding hydrogens is 216 g/mol. The van der Waals surface area contributed by atoms with Gasteiger partial charge in [0.25, 0.3) is 10.2 Å². The Labute approximate surface area is 91.7 Å². The summed E-state index contributed by atoms with van der Waals surface area (Å²) in [5.41, 5.74) is 0. The van der Waals surface area contributed by atoms with E-state index < -0.39 is 16.3 Å². The standard InChI is InChI=1S/C9H20N2O3S/c1-8-4-3-5-11(6-8)15(13,14)10-9(2)7-12/h8-10,12H,3-7H2,1-2H3/t8?,9-/m0/s1. The second kappa shape index (κ2) is 5.25. The number of rotatable bonds is 4. The maximum absolute atomic E-state index is 11.8. The lowest BCUT2D eigenvalue weighted by Gasteiger charge is -2.30. The molecule has 1 aliphatic rings. The molecule has 0 radical (unpaired) electrons. The molecule has 0 spiro atoms. The minimum absolute atomic E-state index is 0.178. The van der Waals surface area contributed by atoms with Gasteiger partial charge in [0, 0.05) is 19.1 Å². The highest BCUT2D eigenvalue weighted by atomic mass is 32.2. The molecule has 2 N–H and O–H groups in total. The van der Waals surface area contributed by atoms with E-state index in [-0.39, 0.29) is 6.61 Å². The summed E-state index contributed by atoms with van der Waals surface area (Å²) in [7, 11) is -3.40. The van der Waals surface area contributed by atoms with Gasteiger partial charge in [0.1, 0.15) is 0 Å². The van der Waals surface area contributed by atoms with Gasteiger partial charge in [-0.05, 0) is 25.7 Å². The number of aliphatic hydroxyl groups is 1. The Kier molecular flexibility index (Phi) is 4.51. The maximum Gasteiger partial charge on any atom is 0.279 e. The van der Waals surface area contributed by atoms with Gasteiger partial charge in [-0.25, -0.2) is 0 Å². The van der Waals surface area contributed by atoms with E-state index in [1.165, 1.54) is 4.31 Å². The molecule has 15 heavy (non-hydrogen) atoms. The highest BCUT2D eigenvalue weighted by molar-refractivity contribution is 7.87. The number of piperidine rings is 1. The predicted octanol–water partition coefficient (Wildman–Crippen LogP) is -0.0665. The smallest absolute Gasteiger partial charge is 0.279 e.